The van der Waals surface area contributed by atoms with Gasteiger partial charge in [0.15, 0.2) is 5.65 Å². The van der Waals surface area contributed by atoms with Crippen LogP contribution in [0.5, 0.6) is 5.75 Å². The molecule has 172 valence electrons. The number of aryl methyl sites for hydroxylation is 2. The second-order valence-corrected chi connectivity index (χ2v) is 9.42. The molecule has 0 unspecified atom stereocenters. The average molecular weight is 471 g/mol. The molecule has 0 fully saturated rings. The van der Waals surface area contributed by atoms with Gasteiger partial charge in [-0.25, -0.2) is 8.42 Å². The van der Waals surface area contributed by atoms with Crippen molar-refractivity contribution in [2.75, 3.05) is 13.7 Å². The standard InChI is InChI=1S/C22H22N4O6S/c1-13-6-9-18(14(2)11-13)33(29,30)22-20-23-21(28)16-8-7-15(12-17(16)26(20)25-24-22)32-10-4-5-19(27)31-3/h6-9,11-12H,4-5,10H2,1-3H3,(H,23,28). The van der Waals surface area contributed by atoms with Crippen molar-refractivity contribution >= 4 is 32.4 Å². The van der Waals surface area contributed by atoms with Crippen LogP contribution in [0.1, 0.15) is 24.0 Å². The summed E-state index contributed by atoms with van der Waals surface area (Å²) in [6.07, 6.45) is 0.674. The fourth-order valence-electron chi connectivity index (χ4n) is 3.58. The fraction of sp³-hybridized carbons (Fsp3) is 0.273. The van der Waals surface area contributed by atoms with Crippen molar-refractivity contribution in [3.8, 4) is 5.75 Å². The van der Waals surface area contributed by atoms with Gasteiger partial charge in [0.05, 0.1) is 29.5 Å². The highest BCUT2D eigenvalue weighted by atomic mass is 32.2. The Kier molecular flexibility index (Phi) is 5.90. The number of benzene rings is 2. The average Bonchev–Trinajstić information content (AvgIpc) is 3.21. The van der Waals surface area contributed by atoms with E-state index in [2.05, 4.69) is 20.0 Å². The molecule has 0 amide bonds. The summed E-state index contributed by atoms with van der Waals surface area (Å²) in [5.41, 5.74) is 1.33. The first kappa shape index (κ1) is 22.5. The predicted octanol–water partition coefficient (Wildman–Crippen LogP) is 2.35. The Bertz CT molecular complexity index is 1540. The third-order valence-electron chi connectivity index (χ3n) is 5.21. The molecule has 0 bridgehead atoms. The number of hydrogen-bond acceptors (Lipinski definition) is 8. The maximum Gasteiger partial charge on any atom is 0.305 e. The number of hydrogen-bond donors (Lipinski definition) is 1. The number of carbonyl (C=O) groups excluding carboxylic acids is 1. The molecule has 0 spiro atoms. The first-order chi connectivity index (χ1) is 15.7. The van der Waals surface area contributed by atoms with Gasteiger partial charge in [0.1, 0.15) is 5.75 Å². The summed E-state index contributed by atoms with van der Waals surface area (Å²) in [4.78, 5) is 26.6. The van der Waals surface area contributed by atoms with Gasteiger partial charge in [-0.1, -0.05) is 22.9 Å². The topological polar surface area (TPSA) is 133 Å². The maximum absolute atomic E-state index is 13.3. The molecule has 10 nitrogen and oxygen atoms in total. The molecule has 2 aromatic carbocycles. The van der Waals surface area contributed by atoms with Crippen LogP contribution < -0.4 is 10.3 Å². The first-order valence-electron chi connectivity index (χ1n) is 10.2. The monoisotopic (exact) mass is 470 g/mol. The highest BCUT2D eigenvalue weighted by Crippen LogP contribution is 2.27. The van der Waals surface area contributed by atoms with Crippen LogP contribution in [-0.4, -0.2) is 47.9 Å². The summed E-state index contributed by atoms with van der Waals surface area (Å²) in [6, 6.07) is 9.74. The molecule has 2 aromatic heterocycles. The van der Waals surface area contributed by atoms with Crippen molar-refractivity contribution in [3.05, 3.63) is 57.9 Å². The van der Waals surface area contributed by atoms with Crippen LogP contribution in [0.2, 0.25) is 0 Å². The number of methoxy groups -OCH3 is 1. The molecule has 11 heteroatoms. The Morgan fingerprint density at radius 2 is 1.94 bits per heavy atom. The van der Waals surface area contributed by atoms with Gasteiger partial charge in [0.2, 0.25) is 14.9 Å². The Balaban J connectivity index is 1.76. The Morgan fingerprint density at radius 3 is 2.67 bits per heavy atom. The number of H-pyrrole nitrogens is 1. The maximum atomic E-state index is 13.3. The van der Waals surface area contributed by atoms with Gasteiger partial charge >= 0.3 is 5.97 Å². The number of nitrogens with zero attached hydrogens (tertiary/aromatic N) is 3. The highest BCUT2D eigenvalue weighted by Gasteiger charge is 2.27. The first-order valence-corrected chi connectivity index (χ1v) is 11.6. The molecule has 0 radical (unpaired) electrons. The lowest BCUT2D eigenvalue weighted by atomic mass is 10.2. The molecule has 0 aliphatic rings. The number of rotatable bonds is 7. The minimum atomic E-state index is -4.03. The zero-order chi connectivity index (χ0) is 23.8. The van der Waals surface area contributed by atoms with E-state index in [9.17, 15) is 18.0 Å². The fourth-order valence-corrected chi connectivity index (χ4v) is 5.06. The van der Waals surface area contributed by atoms with E-state index in [0.717, 1.165) is 5.56 Å². The minimum Gasteiger partial charge on any atom is -0.494 e. The van der Waals surface area contributed by atoms with Gasteiger partial charge in [-0.15, -0.1) is 5.10 Å². The summed E-state index contributed by atoms with van der Waals surface area (Å²) in [5, 5.41) is 7.85. The molecule has 2 heterocycles. The van der Waals surface area contributed by atoms with Crippen molar-refractivity contribution < 1.29 is 22.7 Å². The van der Waals surface area contributed by atoms with Crippen molar-refractivity contribution in [3.63, 3.8) is 0 Å². The molecule has 4 rings (SSSR count). The predicted molar refractivity (Wildman–Crippen MR) is 119 cm³/mol. The molecule has 1 N–H and O–H groups in total. The van der Waals surface area contributed by atoms with Crippen LogP contribution in [0.15, 0.2) is 51.1 Å². The normalized spacial score (nSPS) is 11.7. The van der Waals surface area contributed by atoms with Gasteiger partial charge in [-0.3, -0.25) is 9.59 Å². The van der Waals surface area contributed by atoms with Crippen molar-refractivity contribution in [2.45, 2.75) is 36.6 Å². The lowest BCUT2D eigenvalue weighted by Crippen LogP contribution is -2.13. The second kappa shape index (κ2) is 8.66. The number of sulfone groups is 1. The van der Waals surface area contributed by atoms with Gasteiger partial charge in [-0.05, 0) is 44.0 Å². The molecule has 4 aromatic rings. The minimum absolute atomic E-state index is 0.0321. The van der Waals surface area contributed by atoms with E-state index in [4.69, 9.17) is 4.74 Å². The Morgan fingerprint density at radius 1 is 1.15 bits per heavy atom. The molecule has 0 saturated carbocycles. The Hall–Kier alpha value is -3.73. The van der Waals surface area contributed by atoms with Crippen molar-refractivity contribution in [1.82, 2.24) is 19.8 Å². The van der Waals surface area contributed by atoms with Crippen LogP contribution in [0.4, 0.5) is 0 Å². The van der Waals surface area contributed by atoms with E-state index >= 15 is 0 Å². The highest BCUT2D eigenvalue weighted by molar-refractivity contribution is 7.91. The molecule has 0 atom stereocenters. The van der Waals surface area contributed by atoms with Crippen LogP contribution in [0, 0.1) is 13.8 Å². The van der Waals surface area contributed by atoms with Crippen LogP contribution in [-0.2, 0) is 19.4 Å². The summed E-state index contributed by atoms with van der Waals surface area (Å²) in [5.74, 6) is 0.110. The van der Waals surface area contributed by atoms with Gasteiger partial charge < -0.3 is 14.5 Å². The molecule has 0 saturated heterocycles. The molecule has 33 heavy (non-hydrogen) atoms. The zero-order valence-electron chi connectivity index (χ0n) is 18.3. The van der Waals surface area contributed by atoms with E-state index in [1.54, 1.807) is 37.3 Å². The van der Waals surface area contributed by atoms with Crippen molar-refractivity contribution in [2.24, 2.45) is 0 Å². The summed E-state index contributed by atoms with van der Waals surface area (Å²) in [6.45, 7) is 3.83. The molecule has 0 aliphatic heterocycles. The van der Waals surface area contributed by atoms with Crippen LogP contribution >= 0.6 is 0 Å². The van der Waals surface area contributed by atoms with Gasteiger partial charge in [0, 0.05) is 12.5 Å². The third kappa shape index (κ3) is 4.19. The van der Waals surface area contributed by atoms with Gasteiger partial charge in [-0.2, -0.15) is 4.52 Å². The van der Waals surface area contributed by atoms with Gasteiger partial charge in [0.25, 0.3) is 5.56 Å². The number of ether oxygens (including phenoxy) is 2. The van der Waals surface area contributed by atoms with E-state index in [0.29, 0.717) is 28.6 Å². The number of fused-ring (bicyclic) bond motifs is 3. The number of aromatic amines is 1. The van der Waals surface area contributed by atoms with Crippen LogP contribution in [0.25, 0.3) is 16.6 Å². The lowest BCUT2D eigenvalue weighted by molar-refractivity contribution is -0.140. The van der Waals surface area contributed by atoms with Crippen molar-refractivity contribution in [1.29, 1.82) is 0 Å². The number of carbonyl (C=O) groups is 1. The summed E-state index contributed by atoms with van der Waals surface area (Å²) >= 11 is 0. The largest absolute Gasteiger partial charge is 0.494 e. The quantitative estimate of drug-likeness (QED) is 0.321. The summed E-state index contributed by atoms with van der Waals surface area (Å²) in [7, 11) is -2.71. The second-order valence-electron chi connectivity index (χ2n) is 7.59. The van der Waals surface area contributed by atoms with Crippen LogP contribution in [0.3, 0.4) is 0 Å². The summed E-state index contributed by atoms with van der Waals surface area (Å²) < 4.78 is 38.2. The number of nitrogens with one attached hydrogen (secondary N) is 1. The molecule has 0 aliphatic carbocycles. The number of esters is 1. The molecular weight excluding hydrogens is 448 g/mol. The number of aromatic nitrogens is 4. The van der Waals surface area contributed by atoms with E-state index < -0.39 is 15.4 Å². The van der Waals surface area contributed by atoms with E-state index in [1.165, 1.54) is 17.7 Å². The Labute approximate surface area is 189 Å². The van der Waals surface area contributed by atoms with E-state index in [-0.39, 0.29) is 34.6 Å². The molecular formula is C22H22N4O6S. The third-order valence-corrected chi connectivity index (χ3v) is 7.03. The lowest BCUT2D eigenvalue weighted by Gasteiger charge is -2.08. The SMILES string of the molecule is COC(=O)CCCOc1ccc2c(=O)[nH]c3c(S(=O)(=O)c4ccc(C)cc4C)nnn3c2c1. The zero-order valence-corrected chi connectivity index (χ0v) is 19.1. The smallest absolute Gasteiger partial charge is 0.305 e. The van der Waals surface area contributed by atoms with E-state index in [1.807, 2.05) is 6.92 Å².